The van der Waals surface area contributed by atoms with E-state index in [2.05, 4.69) is 47.4 Å². The molecule has 2 heterocycles. The normalized spacial score (nSPS) is 15.6. The summed E-state index contributed by atoms with van der Waals surface area (Å²) in [6.45, 7) is 11.6. The molecule has 8 heteroatoms. The van der Waals surface area contributed by atoms with E-state index in [1.807, 2.05) is 25.3 Å². The zero-order valence-corrected chi connectivity index (χ0v) is 24.9. The highest BCUT2D eigenvalue weighted by Crippen LogP contribution is 2.32. The Hall–Kier alpha value is -2.48. The van der Waals surface area contributed by atoms with E-state index in [0.717, 1.165) is 35.6 Å². The molecule has 0 aliphatic carbocycles. The van der Waals surface area contributed by atoms with Crippen molar-refractivity contribution in [2.45, 2.75) is 70.3 Å². The van der Waals surface area contributed by atoms with Crippen LogP contribution in [-0.4, -0.2) is 48.2 Å². The number of benzene rings is 2. The van der Waals surface area contributed by atoms with Gasteiger partial charge in [0.05, 0.1) is 16.2 Å². The second-order valence-corrected chi connectivity index (χ2v) is 14.7. The maximum absolute atomic E-state index is 12.8. The Morgan fingerprint density at radius 3 is 2.42 bits per heavy atom. The van der Waals surface area contributed by atoms with Crippen molar-refractivity contribution in [2.24, 2.45) is 0 Å². The summed E-state index contributed by atoms with van der Waals surface area (Å²) in [5.74, 6) is 1.07. The number of nitrogens with zero attached hydrogens (tertiary/aromatic N) is 3. The van der Waals surface area contributed by atoms with Gasteiger partial charge < -0.3 is 10.2 Å². The molecule has 1 aliphatic rings. The van der Waals surface area contributed by atoms with E-state index >= 15 is 0 Å². The topological polar surface area (TPSA) is 75.2 Å². The van der Waals surface area contributed by atoms with Crippen molar-refractivity contribution in [1.29, 1.82) is 0 Å². The molecule has 1 saturated heterocycles. The van der Waals surface area contributed by atoms with Crippen molar-refractivity contribution in [2.75, 3.05) is 25.5 Å². The van der Waals surface area contributed by atoms with Crippen LogP contribution in [0.25, 0.3) is 0 Å². The number of hydrogen-bond acceptors (Lipinski definition) is 6. The summed E-state index contributed by atoms with van der Waals surface area (Å²) in [5, 5.41) is 3.83. The van der Waals surface area contributed by atoms with Crippen LogP contribution in [-0.2, 0) is 22.0 Å². The van der Waals surface area contributed by atoms with Crippen LogP contribution in [0.3, 0.4) is 0 Å². The molecule has 1 fully saturated rings. The van der Waals surface area contributed by atoms with E-state index in [0.29, 0.717) is 28.9 Å². The summed E-state index contributed by atoms with van der Waals surface area (Å²) < 4.78 is 24.7. The number of rotatable bonds is 7. The van der Waals surface area contributed by atoms with Gasteiger partial charge in [0.2, 0.25) is 5.95 Å². The highest BCUT2D eigenvalue weighted by molar-refractivity contribution is 7.91. The van der Waals surface area contributed by atoms with E-state index in [9.17, 15) is 8.42 Å². The van der Waals surface area contributed by atoms with Crippen molar-refractivity contribution in [3.63, 3.8) is 0 Å². The lowest BCUT2D eigenvalue weighted by Crippen LogP contribution is -2.29. The van der Waals surface area contributed by atoms with Crippen LogP contribution in [0.4, 0.5) is 11.6 Å². The number of sulfone groups is 1. The summed E-state index contributed by atoms with van der Waals surface area (Å²) in [5.41, 5.74) is 7.12. The first-order valence-corrected chi connectivity index (χ1v) is 15.2. The van der Waals surface area contributed by atoms with Crippen molar-refractivity contribution in [1.82, 2.24) is 14.9 Å². The Balaban J connectivity index is 1.51. The van der Waals surface area contributed by atoms with Gasteiger partial charge >= 0.3 is 0 Å². The lowest BCUT2D eigenvalue weighted by atomic mass is 9.87. The van der Waals surface area contributed by atoms with Gasteiger partial charge in [-0.25, -0.2) is 18.4 Å². The minimum atomic E-state index is -3.35. The van der Waals surface area contributed by atoms with Gasteiger partial charge in [0, 0.05) is 23.3 Å². The van der Waals surface area contributed by atoms with Gasteiger partial charge in [0.25, 0.3) is 0 Å². The van der Waals surface area contributed by atoms with Gasteiger partial charge in [-0.2, -0.15) is 0 Å². The molecule has 0 atom stereocenters. The average molecular weight is 555 g/mol. The fourth-order valence-electron chi connectivity index (χ4n) is 4.84. The predicted molar refractivity (Wildman–Crippen MR) is 157 cm³/mol. The summed E-state index contributed by atoms with van der Waals surface area (Å²) in [4.78, 5) is 11.7. The van der Waals surface area contributed by atoms with Gasteiger partial charge in [-0.05, 0) is 120 Å². The molecule has 0 amide bonds. The molecule has 0 spiro atoms. The second kappa shape index (κ2) is 11.3. The van der Waals surface area contributed by atoms with E-state index in [1.165, 1.54) is 24.0 Å². The lowest BCUT2D eigenvalue weighted by molar-refractivity contribution is 0.255. The molecule has 6 nitrogen and oxygen atoms in total. The maximum atomic E-state index is 12.8. The Morgan fingerprint density at radius 2 is 1.76 bits per heavy atom. The molecule has 2 aromatic carbocycles. The number of nitrogens with one attached hydrogen (secondary N) is 1. The molecule has 1 aromatic heterocycles. The van der Waals surface area contributed by atoms with Crippen LogP contribution in [0.5, 0.6) is 0 Å². The molecule has 3 aromatic rings. The number of piperidine rings is 1. The van der Waals surface area contributed by atoms with Crippen LogP contribution in [0.1, 0.15) is 73.0 Å². The zero-order valence-electron chi connectivity index (χ0n) is 23.3. The molecule has 1 aliphatic heterocycles. The summed E-state index contributed by atoms with van der Waals surface area (Å²) >= 11 is 6.38. The lowest BCUT2D eigenvalue weighted by Gasteiger charge is -2.30. The standard InChI is InChI=1S/C30H39ClN4O2S/c1-20-15-25(8-9-26(20)23-11-13-35(6)14-12-23)33-29-32-18-21(2)28(34-29)17-22-7-10-27(31)24(16-22)19-38(36,37)30(3,4)5/h7-10,15-16,18,23H,11-14,17,19H2,1-6H3,(H,32,33,34). The molecule has 0 bridgehead atoms. The zero-order chi connectivity index (χ0) is 27.7. The Labute approximate surface area is 232 Å². The van der Waals surface area contributed by atoms with Crippen LogP contribution in [0, 0.1) is 13.8 Å². The third kappa shape index (κ3) is 6.74. The number of aromatic nitrogens is 2. The molecule has 4 rings (SSSR count). The van der Waals surface area contributed by atoms with Gasteiger partial charge in [0.15, 0.2) is 9.84 Å². The fourth-order valence-corrected chi connectivity index (χ4v) is 6.18. The number of hydrogen-bond donors (Lipinski definition) is 1. The molecule has 0 radical (unpaired) electrons. The van der Waals surface area contributed by atoms with E-state index < -0.39 is 14.6 Å². The molecule has 38 heavy (non-hydrogen) atoms. The maximum Gasteiger partial charge on any atom is 0.227 e. The van der Waals surface area contributed by atoms with Crippen molar-refractivity contribution in [3.8, 4) is 0 Å². The highest BCUT2D eigenvalue weighted by Gasteiger charge is 2.29. The molecule has 0 unspecified atom stereocenters. The minimum Gasteiger partial charge on any atom is -0.324 e. The first kappa shape index (κ1) is 28.5. The summed E-state index contributed by atoms with van der Waals surface area (Å²) in [7, 11) is -1.16. The summed E-state index contributed by atoms with van der Waals surface area (Å²) in [6, 6.07) is 12.1. The van der Waals surface area contributed by atoms with Crippen molar-refractivity contribution < 1.29 is 8.42 Å². The quantitative estimate of drug-likeness (QED) is 0.354. The average Bonchev–Trinajstić information content (AvgIpc) is 2.83. The van der Waals surface area contributed by atoms with Gasteiger partial charge in [-0.1, -0.05) is 29.8 Å². The monoisotopic (exact) mass is 554 g/mol. The van der Waals surface area contributed by atoms with Crippen LogP contribution in [0.15, 0.2) is 42.6 Å². The number of likely N-dealkylation sites (tertiary alicyclic amines) is 1. The second-order valence-electron chi connectivity index (χ2n) is 11.6. The minimum absolute atomic E-state index is 0.0916. The van der Waals surface area contributed by atoms with Crippen LogP contribution >= 0.6 is 11.6 Å². The Kier molecular flexibility index (Phi) is 8.50. The first-order chi connectivity index (χ1) is 17.8. The predicted octanol–water partition coefficient (Wildman–Crippen LogP) is 6.60. The fraction of sp³-hybridized carbons (Fsp3) is 0.467. The van der Waals surface area contributed by atoms with Crippen molar-refractivity contribution in [3.05, 3.63) is 81.1 Å². The van der Waals surface area contributed by atoms with E-state index in [4.69, 9.17) is 16.6 Å². The molecular weight excluding hydrogens is 516 g/mol. The molecular formula is C30H39ClN4O2S. The first-order valence-electron chi connectivity index (χ1n) is 13.2. The van der Waals surface area contributed by atoms with E-state index in [-0.39, 0.29) is 5.75 Å². The third-order valence-electron chi connectivity index (χ3n) is 7.52. The van der Waals surface area contributed by atoms with E-state index in [1.54, 1.807) is 26.8 Å². The van der Waals surface area contributed by atoms with Crippen LogP contribution < -0.4 is 5.32 Å². The Bertz CT molecular complexity index is 1410. The highest BCUT2D eigenvalue weighted by atomic mass is 35.5. The Morgan fingerprint density at radius 1 is 1.05 bits per heavy atom. The van der Waals surface area contributed by atoms with Gasteiger partial charge in [0.1, 0.15) is 0 Å². The third-order valence-corrected chi connectivity index (χ3v) is 10.4. The van der Waals surface area contributed by atoms with Gasteiger partial charge in [-0.15, -0.1) is 0 Å². The van der Waals surface area contributed by atoms with Crippen molar-refractivity contribution >= 4 is 33.1 Å². The van der Waals surface area contributed by atoms with Gasteiger partial charge in [-0.3, -0.25) is 0 Å². The number of aryl methyl sites for hydroxylation is 2. The molecule has 204 valence electrons. The number of anilines is 2. The summed E-state index contributed by atoms with van der Waals surface area (Å²) in [6.07, 6.45) is 4.77. The van der Waals surface area contributed by atoms with Crippen LogP contribution in [0.2, 0.25) is 5.02 Å². The smallest absolute Gasteiger partial charge is 0.227 e. The molecule has 0 saturated carbocycles. The number of halogens is 1. The largest absolute Gasteiger partial charge is 0.324 e. The molecule has 1 N–H and O–H groups in total. The SMILES string of the molecule is Cc1cc(Nc2ncc(C)c(Cc3ccc(Cl)c(CS(=O)(=O)C(C)(C)C)c3)n2)ccc1C1CCN(C)CC1.